The van der Waals surface area contributed by atoms with Gasteiger partial charge in [0.15, 0.2) is 0 Å². The Morgan fingerprint density at radius 3 is 2.87 bits per heavy atom. The molecule has 0 heterocycles. The van der Waals surface area contributed by atoms with Crippen LogP contribution in [0.2, 0.25) is 5.02 Å². The van der Waals surface area contributed by atoms with Crippen LogP contribution in [0.25, 0.3) is 0 Å². The van der Waals surface area contributed by atoms with Crippen LogP contribution in [-0.2, 0) is 0 Å². The van der Waals surface area contributed by atoms with Gasteiger partial charge >= 0.3 is 5.97 Å². The molecule has 2 nitrogen and oxygen atoms in total. The fourth-order valence-electron chi connectivity index (χ4n) is 0.959. The molecule has 0 unspecified atom stereocenters. The number of halogens is 2. The molecule has 4 heteroatoms. The molecule has 0 atom stereocenters. The summed E-state index contributed by atoms with van der Waals surface area (Å²) < 4.78 is 0. The minimum absolute atomic E-state index is 0.197. The predicted octanol–water partition coefficient (Wildman–Crippen LogP) is 3.17. The fourth-order valence-corrected chi connectivity index (χ4v) is 1.32. The van der Waals surface area contributed by atoms with E-state index in [1.54, 1.807) is 6.07 Å². The number of carbonyl (C=O) groups is 1. The predicted molar refractivity (Wildman–Crippen MR) is 63.7 cm³/mol. The van der Waals surface area contributed by atoms with Crippen molar-refractivity contribution >= 4 is 33.5 Å². The Morgan fingerprint density at radius 2 is 2.27 bits per heavy atom. The van der Waals surface area contributed by atoms with Crippen LogP contribution >= 0.6 is 27.5 Å². The SMILES string of the molecule is O=C(O)c1ccc(Cl)c(C#CCCBr)c1. The Labute approximate surface area is 101 Å². The highest BCUT2D eigenvalue weighted by molar-refractivity contribution is 9.09. The molecule has 1 aromatic carbocycles. The number of hydrogen-bond donors (Lipinski definition) is 1. The van der Waals surface area contributed by atoms with Gasteiger partial charge in [0, 0.05) is 17.3 Å². The van der Waals surface area contributed by atoms with Crippen LogP contribution in [-0.4, -0.2) is 16.4 Å². The first-order valence-electron chi connectivity index (χ1n) is 4.23. The molecule has 1 N–H and O–H groups in total. The van der Waals surface area contributed by atoms with Gasteiger partial charge < -0.3 is 5.11 Å². The van der Waals surface area contributed by atoms with Crippen molar-refractivity contribution in [2.75, 3.05) is 5.33 Å². The Hall–Kier alpha value is -0.980. The zero-order chi connectivity index (χ0) is 11.3. The van der Waals surface area contributed by atoms with Crippen molar-refractivity contribution in [3.8, 4) is 11.8 Å². The average molecular weight is 288 g/mol. The van der Waals surface area contributed by atoms with E-state index in [0.717, 1.165) is 5.33 Å². The highest BCUT2D eigenvalue weighted by atomic mass is 79.9. The van der Waals surface area contributed by atoms with E-state index in [1.807, 2.05) is 0 Å². The molecule has 1 rings (SSSR count). The Morgan fingerprint density at radius 1 is 1.53 bits per heavy atom. The molecular formula is C11H8BrClO2. The second kappa shape index (κ2) is 5.79. The minimum atomic E-state index is -0.977. The summed E-state index contributed by atoms with van der Waals surface area (Å²) in [6.07, 6.45) is 0.702. The van der Waals surface area contributed by atoms with Crippen molar-refractivity contribution in [2.24, 2.45) is 0 Å². The number of aromatic carboxylic acids is 1. The molecule has 0 saturated heterocycles. The van der Waals surface area contributed by atoms with E-state index in [9.17, 15) is 4.79 Å². The molecule has 0 bridgehead atoms. The molecule has 0 amide bonds. The largest absolute Gasteiger partial charge is 0.478 e. The Bertz CT molecular complexity index is 432. The minimum Gasteiger partial charge on any atom is -0.478 e. The third-order valence-corrected chi connectivity index (χ3v) is 2.38. The van der Waals surface area contributed by atoms with Crippen molar-refractivity contribution in [1.82, 2.24) is 0 Å². The van der Waals surface area contributed by atoms with E-state index in [1.165, 1.54) is 12.1 Å². The van der Waals surface area contributed by atoms with Gasteiger partial charge in [0.2, 0.25) is 0 Å². The second-order valence-electron chi connectivity index (χ2n) is 2.74. The lowest BCUT2D eigenvalue weighted by Crippen LogP contribution is -1.96. The lowest BCUT2D eigenvalue weighted by molar-refractivity contribution is 0.0697. The van der Waals surface area contributed by atoms with E-state index >= 15 is 0 Å². The van der Waals surface area contributed by atoms with E-state index in [4.69, 9.17) is 16.7 Å². The molecule has 78 valence electrons. The first-order chi connectivity index (χ1) is 7.15. The van der Waals surface area contributed by atoms with E-state index in [2.05, 4.69) is 27.8 Å². The maximum Gasteiger partial charge on any atom is 0.335 e. The first-order valence-corrected chi connectivity index (χ1v) is 5.72. The summed E-state index contributed by atoms with van der Waals surface area (Å²) >= 11 is 9.12. The zero-order valence-corrected chi connectivity index (χ0v) is 10.1. The quantitative estimate of drug-likeness (QED) is 0.670. The molecule has 0 aliphatic heterocycles. The topological polar surface area (TPSA) is 37.3 Å². The maximum atomic E-state index is 10.7. The van der Waals surface area contributed by atoms with E-state index in [0.29, 0.717) is 17.0 Å². The van der Waals surface area contributed by atoms with Crippen LogP contribution in [0, 0.1) is 11.8 Å². The monoisotopic (exact) mass is 286 g/mol. The van der Waals surface area contributed by atoms with Crippen LogP contribution < -0.4 is 0 Å². The third kappa shape index (κ3) is 3.58. The summed E-state index contributed by atoms with van der Waals surface area (Å²) in [5, 5.41) is 10.0. The molecule has 0 radical (unpaired) electrons. The molecule has 0 saturated carbocycles. The van der Waals surface area contributed by atoms with Crippen molar-refractivity contribution < 1.29 is 9.90 Å². The summed E-state index contributed by atoms with van der Waals surface area (Å²) in [7, 11) is 0. The van der Waals surface area contributed by atoms with Crippen molar-refractivity contribution in [3.05, 3.63) is 34.3 Å². The smallest absolute Gasteiger partial charge is 0.335 e. The van der Waals surface area contributed by atoms with Gasteiger partial charge in [-0.15, -0.1) is 0 Å². The van der Waals surface area contributed by atoms with Gasteiger partial charge in [-0.2, -0.15) is 0 Å². The maximum absolute atomic E-state index is 10.7. The van der Waals surface area contributed by atoms with Crippen LogP contribution in [0.3, 0.4) is 0 Å². The summed E-state index contributed by atoms with van der Waals surface area (Å²) in [6, 6.07) is 4.48. The van der Waals surface area contributed by atoms with Gasteiger partial charge in [0.1, 0.15) is 0 Å². The molecule has 0 aliphatic carbocycles. The van der Waals surface area contributed by atoms with Gasteiger partial charge in [-0.25, -0.2) is 4.79 Å². The van der Waals surface area contributed by atoms with E-state index < -0.39 is 5.97 Å². The molecule has 0 spiro atoms. The molecule has 1 aromatic rings. The van der Waals surface area contributed by atoms with Crippen molar-refractivity contribution in [2.45, 2.75) is 6.42 Å². The standard InChI is InChI=1S/C11H8BrClO2/c12-6-2-1-3-8-7-9(11(14)15)4-5-10(8)13/h4-5,7H,2,6H2,(H,14,15). The van der Waals surface area contributed by atoms with Gasteiger partial charge in [0.25, 0.3) is 0 Å². The van der Waals surface area contributed by atoms with Crippen LogP contribution in [0.15, 0.2) is 18.2 Å². The van der Waals surface area contributed by atoms with Gasteiger partial charge in [0.05, 0.1) is 10.6 Å². The van der Waals surface area contributed by atoms with Crippen LogP contribution in [0.5, 0.6) is 0 Å². The van der Waals surface area contributed by atoms with E-state index in [-0.39, 0.29) is 5.56 Å². The van der Waals surface area contributed by atoms with Crippen molar-refractivity contribution in [1.29, 1.82) is 0 Å². The van der Waals surface area contributed by atoms with Crippen molar-refractivity contribution in [3.63, 3.8) is 0 Å². The zero-order valence-electron chi connectivity index (χ0n) is 7.76. The van der Waals surface area contributed by atoms with Gasteiger partial charge in [-0.3, -0.25) is 0 Å². The second-order valence-corrected chi connectivity index (χ2v) is 3.94. The third-order valence-electron chi connectivity index (χ3n) is 1.66. The van der Waals surface area contributed by atoms with Crippen LogP contribution in [0.1, 0.15) is 22.3 Å². The molecule has 0 fully saturated rings. The number of carboxylic acids is 1. The molecule has 0 aliphatic rings. The number of hydrogen-bond acceptors (Lipinski definition) is 1. The number of alkyl halides is 1. The van der Waals surface area contributed by atoms with Gasteiger partial charge in [-0.1, -0.05) is 39.4 Å². The summed E-state index contributed by atoms with van der Waals surface area (Å²) in [5.41, 5.74) is 0.750. The highest BCUT2D eigenvalue weighted by Crippen LogP contribution is 2.16. The van der Waals surface area contributed by atoms with Gasteiger partial charge in [-0.05, 0) is 18.2 Å². The molecule has 15 heavy (non-hydrogen) atoms. The number of benzene rings is 1. The number of rotatable bonds is 2. The first kappa shape index (κ1) is 12.1. The fraction of sp³-hybridized carbons (Fsp3) is 0.182. The molecule has 0 aromatic heterocycles. The highest BCUT2D eigenvalue weighted by Gasteiger charge is 2.05. The normalized spacial score (nSPS) is 9.20. The summed E-state index contributed by atoms with van der Waals surface area (Å²) in [6.45, 7) is 0. The average Bonchev–Trinajstić information content (AvgIpc) is 2.20. The lowest BCUT2D eigenvalue weighted by Gasteiger charge is -1.98. The lowest BCUT2D eigenvalue weighted by atomic mass is 10.1. The summed E-state index contributed by atoms with van der Waals surface area (Å²) in [5.74, 6) is 4.74. The summed E-state index contributed by atoms with van der Waals surface area (Å²) in [4.78, 5) is 10.7. The Kier molecular flexibility index (Phi) is 4.67. The van der Waals surface area contributed by atoms with Crippen LogP contribution in [0.4, 0.5) is 0 Å². The molecular weight excluding hydrogens is 279 g/mol. The Balaban J connectivity index is 3.02. The number of carboxylic acid groups (broad SMARTS) is 1.